The van der Waals surface area contributed by atoms with Crippen LogP contribution in [0, 0.1) is 0 Å². The van der Waals surface area contributed by atoms with Crippen molar-refractivity contribution in [3.8, 4) is 0 Å². The molecule has 0 bridgehead atoms. The molecule has 1 rings (SSSR count). The summed E-state index contributed by atoms with van der Waals surface area (Å²) in [6.07, 6.45) is 1.19. The second kappa shape index (κ2) is 7.31. The SMILES string of the molecule is CC(CCCC(=O)O)NC(=O)c1cc(Cl)nc(Cl)c1. The number of rotatable bonds is 6. The highest BCUT2D eigenvalue weighted by atomic mass is 35.5. The van der Waals surface area contributed by atoms with E-state index in [9.17, 15) is 9.59 Å². The van der Waals surface area contributed by atoms with Crippen LogP contribution in [0.4, 0.5) is 0 Å². The first kappa shape index (κ1) is 15.7. The Morgan fingerprint density at radius 3 is 2.47 bits per heavy atom. The van der Waals surface area contributed by atoms with Gasteiger partial charge in [0.05, 0.1) is 0 Å². The number of aliphatic carboxylic acids is 1. The summed E-state index contributed by atoms with van der Waals surface area (Å²) in [7, 11) is 0. The Balaban J connectivity index is 2.51. The Kier molecular flexibility index (Phi) is 6.05. The number of aromatic nitrogens is 1. The van der Waals surface area contributed by atoms with Gasteiger partial charge in [-0.15, -0.1) is 0 Å². The van der Waals surface area contributed by atoms with Crippen LogP contribution in [0.1, 0.15) is 36.5 Å². The van der Waals surface area contributed by atoms with Gasteiger partial charge in [-0.3, -0.25) is 9.59 Å². The average Bonchev–Trinajstić information content (AvgIpc) is 2.26. The Labute approximate surface area is 120 Å². The van der Waals surface area contributed by atoms with Crippen LogP contribution >= 0.6 is 23.2 Å². The summed E-state index contributed by atoms with van der Waals surface area (Å²) < 4.78 is 0. The lowest BCUT2D eigenvalue weighted by atomic mass is 10.1. The fourth-order valence-corrected chi connectivity index (χ4v) is 2.00. The lowest BCUT2D eigenvalue weighted by Crippen LogP contribution is -2.32. The lowest BCUT2D eigenvalue weighted by Gasteiger charge is -2.13. The van der Waals surface area contributed by atoms with E-state index in [1.165, 1.54) is 12.1 Å². The molecule has 5 nitrogen and oxygen atoms in total. The van der Waals surface area contributed by atoms with Gasteiger partial charge in [0.2, 0.25) is 0 Å². The van der Waals surface area contributed by atoms with E-state index in [0.717, 1.165) is 0 Å². The highest BCUT2D eigenvalue weighted by molar-refractivity contribution is 6.33. The summed E-state index contributed by atoms with van der Waals surface area (Å²) in [5, 5.41) is 11.6. The summed E-state index contributed by atoms with van der Waals surface area (Å²) in [4.78, 5) is 26.0. The molecule has 0 aliphatic heterocycles. The van der Waals surface area contributed by atoms with Crippen LogP contribution in [0.5, 0.6) is 0 Å². The van der Waals surface area contributed by atoms with Crippen molar-refractivity contribution in [2.75, 3.05) is 0 Å². The van der Waals surface area contributed by atoms with E-state index in [-0.39, 0.29) is 28.7 Å². The summed E-state index contributed by atoms with van der Waals surface area (Å²) in [6.45, 7) is 1.81. The zero-order valence-electron chi connectivity index (χ0n) is 10.3. The van der Waals surface area contributed by atoms with Gasteiger partial charge in [0.25, 0.3) is 5.91 Å². The van der Waals surface area contributed by atoms with Crippen molar-refractivity contribution in [2.24, 2.45) is 0 Å². The first-order valence-corrected chi connectivity index (χ1v) is 6.50. The van der Waals surface area contributed by atoms with Gasteiger partial charge in [-0.05, 0) is 31.9 Å². The van der Waals surface area contributed by atoms with E-state index in [2.05, 4.69) is 10.3 Å². The van der Waals surface area contributed by atoms with Crippen LogP contribution in [0.25, 0.3) is 0 Å². The number of halogens is 2. The predicted molar refractivity (Wildman–Crippen MR) is 72.7 cm³/mol. The molecule has 0 aliphatic rings. The van der Waals surface area contributed by atoms with Crippen molar-refractivity contribution in [1.82, 2.24) is 10.3 Å². The van der Waals surface area contributed by atoms with Crippen molar-refractivity contribution < 1.29 is 14.7 Å². The zero-order valence-corrected chi connectivity index (χ0v) is 11.8. The van der Waals surface area contributed by atoms with E-state index in [1.54, 1.807) is 0 Å². The van der Waals surface area contributed by atoms with Gasteiger partial charge in [-0.1, -0.05) is 23.2 Å². The highest BCUT2D eigenvalue weighted by Gasteiger charge is 2.12. The Hall–Kier alpha value is -1.33. The molecule has 1 amide bonds. The molecular formula is C12H14Cl2N2O3. The third-order valence-corrected chi connectivity index (χ3v) is 2.82. The molecule has 0 aliphatic carbocycles. The molecule has 1 heterocycles. The number of carboxylic acids is 1. The molecule has 19 heavy (non-hydrogen) atoms. The standard InChI is InChI=1S/C12H14Cl2N2O3/c1-7(3-2-4-11(17)18)15-12(19)8-5-9(13)16-10(14)6-8/h5-7H,2-4H2,1H3,(H,15,19)(H,17,18). The fourth-order valence-electron chi connectivity index (χ4n) is 1.53. The summed E-state index contributed by atoms with van der Waals surface area (Å²) >= 11 is 11.4. The van der Waals surface area contributed by atoms with Gasteiger partial charge in [0, 0.05) is 18.0 Å². The average molecular weight is 305 g/mol. The van der Waals surface area contributed by atoms with E-state index in [4.69, 9.17) is 28.3 Å². The maximum atomic E-state index is 11.9. The molecule has 0 saturated heterocycles. The quantitative estimate of drug-likeness (QED) is 0.792. The van der Waals surface area contributed by atoms with Crippen LogP contribution in [0.15, 0.2) is 12.1 Å². The Bertz CT molecular complexity index is 460. The minimum Gasteiger partial charge on any atom is -0.481 e. The number of carbonyl (C=O) groups is 2. The second-order valence-electron chi connectivity index (χ2n) is 4.16. The molecule has 0 saturated carbocycles. The molecule has 1 unspecified atom stereocenters. The molecule has 104 valence electrons. The van der Waals surface area contributed by atoms with Crippen molar-refractivity contribution in [2.45, 2.75) is 32.2 Å². The van der Waals surface area contributed by atoms with E-state index >= 15 is 0 Å². The topological polar surface area (TPSA) is 79.3 Å². The number of hydrogen-bond acceptors (Lipinski definition) is 3. The van der Waals surface area contributed by atoms with Gasteiger partial charge < -0.3 is 10.4 Å². The van der Waals surface area contributed by atoms with Crippen LogP contribution < -0.4 is 5.32 Å². The normalized spacial score (nSPS) is 11.9. The molecule has 0 radical (unpaired) electrons. The van der Waals surface area contributed by atoms with Crippen molar-refractivity contribution >= 4 is 35.1 Å². The third kappa shape index (κ3) is 5.89. The summed E-state index contributed by atoms with van der Waals surface area (Å²) in [5.41, 5.74) is 0.329. The first-order valence-electron chi connectivity index (χ1n) is 5.74. The smallest absolute Gasteiger partial charge is 0.303 e. The second-order valence-corrected chi connectivity index (χ2v) is 4.94. The predicted octanol–water partition coefficient (Wildman–Crippen LogP) is 2.76. The van der Waals surface area contributed by atoms with Crippen molar-refractivity contribution in [3.63, 3.8) is 0 Å². The van der Waals surface area contributed by atoms with E-state index in [0.29, 0.717) is 18.4 Å². The molecule has 1 atom stereocenters. The van der Waals surface area contributed by atoms with Crippen LogP contribution in [-0.2, 0) is 4.79 Å². The lowest BCUT2D eigenvalue weighted by molar-refractivity contribution is -0.137. The Morgan fingerprint density at radius 2 is 1.95 bits per heavy atom. The number of nitrogens with one attached hydrogen (secondary N) is 1. The molecule has 7 heteroatoms. The van der Waals surface area contributed by atoms with Gasteiger partial charge in [-0.25, -0.2) is 4.98 Å². The van der Waals surface area contributed by atoms with Gasteiger partial charge in [-0.2, -0.15) is 0 Å². The molecular weight excluding hydrogens is 291 g/mol. The van der Waals surface area contributed by atoms with Gasteiger partial charge >= 0.3 is 5.97 Å². The van der Waals surface area contributed by atoms with Crippen LogP contribution in [-0.4, -0.2) is 28.0 Å². The summed E-state index contributed by atoms with van der Waals surface area (Å²) in [5.74, 6) is -1.15. The maximum absolute atomic E-state index is 11.9. The number of amides is 1. The molecule has 1 aromatic heterocycles. The largest absolute Gasteiger partial charge is 0.481 e. The van der Waals surface area contributed by atoms with Crippen LogP contribution in [0.2, 0.25) is 10.3 Å². The van der Waals surface area contributed by atoms with Crippen molar-refractivity contribution in [1.29, 1.82) is 0 Å². The number of pyridine rings is 1. The Morgan fingerprint density at radius 1 is 1.37 bits per heavy atom. The highest BCUT2D eigenvalue weighted by Crippen LogP contribution is 2.15. The molecule has 0 spiro atoms. The van der Waals surface area contributed by atoms with E-state index < -0.39 is 5.97 Å². The van der Waals surface area contributed by atoms with Crippen LogP contribution in [0.3, 0.4) is 0 Å². The number of hydrogen-bond donors (Lipinski definition) is 2. The third-order valence-electron chi connectivity index (χ3n) is 2.43. The molecule has 2 N–H and O–H groups in total. The first-order chi connectivity index (χ1) is 8.88. The number of carboxylic acid groups (broad SMARTS) is 1. The minimum absolute atomic E-state index is 0.0904. The van der Waals surface area contributed by atoms with Crippen molar-refractivity contribution in [3.05, 3.63) is 28.0 Å². The van der Waals surface area contributed by atoms with Gasteiger partial charge in [0.1, 0.15) is 10.3 Å². The maximum Gasteiger partial charge on any atom is 0.303 e. The molecule has 1 aromatic rings. The molecule has 0 fully saturated rings. The molecule has 0 aromatic carbocycles. The number of nitrogens with zero attached hydrogens (tertiary/aromatic N) is 1. The van der Waals surface area contributed by atoms with Gasteiger partial charge in [0.15, 0.2) is 0 Å². The summed E-state index contributed by atoms with van der Waals surface area (Å²) in [6, 6.07) is 2.72. The minimum atomic E-state index is -0.841. The fraction of sp³-hybridized carbons (Fsp3) is 0.417. The number of carbonyl (C=O) groups excluding carboxylic acids is 1. The van der Waals surface area contributed by atoms with E-state index in [1.807, 2.05) is 6.92 Å². The monoisotopic (exact) mass is 304 g/mol. The zero-order chi connectivity index (χ0) is 14.4.